The molecular weight excluding hydrogens is 677 g/mol. The molecule has 1 fully saturated rings. The number of carbonyl (C=O) groups is 2. The summed E-state index contributed by atoms with van der Waals surface area (Å²) >= 11 is 0. The van der Waals surface area contributed by atoms with Gasteiger partial charge in [-0.3, -0.25) is 9.59 Å². The minimum absolute atomic E-state index is 0.00798. The van der Waals surface area contributed by atoms with Crippen LogP contribution in [-0.4, -0.2) is 47.6 Å². The molecule has 0 spiro atoms. The highest BCUT2D eigenvalue weighted by atomic mass is 16.7. The number of hydrogen-bond donors (Lipinski definition) is 4. The molecule has 0 saturated carbocycles. The van der Waals surface area contributed by atoms with Gasteiger partial charge < -0.3 is 35.8 Å². The predicted octanol–water partition coefficient (Wildman–Crippen LogP) is 10.1. The summed E-state index contributed by atoms with van der Waals surface area (Å²) in [6.45, 7) is 7.57. The van der Waals surface area contributed by atoms with Gasteiger partial charge in [0, 0.05) is 37.1 Å². The molecule has 0 radical (unpaired) electrons. The van der Waals surface area contributed by atoms with Crippen molar-refractivity contribution in [2.75, 3.05) is 36.0 Å². The Balaban J connectivity index is 1.36. The summed E-state index contributed by atoms with van der Waals surface area (Å²) in [5.74, 6) is -0.325. The number of aliphatic hydroxyl groups excluding tert-OH is 1. The second-order valence-electron chi connectivity index (χ2n) is 14.8. The maximum atomic E-state index is 12.7. The molecule has 1 saturated heterocycles. The van der Waals surface area contributed by atoms with Gasteiger partial charge in [0.15, 0.2) is 6.29 Å². The van der Waals surface area contributed by atoms with E-state index in [2.05, 4.69) is 41.5 Å². The number of benzene rings is 3. The van der Waals surface area contributed by atoms with Gasteiger partial charge in [0.05, 0.1) is 30.2 Å². The molecule has 3 aromatic carbocycles. The number of anilines is 3. The molecule has 54 heavy (non-hydrogen) atoms. The van der Waals surface area contributed by atoms with E-state index in [1.54, 1.807) is 12.1 Å². The minimum Gasteiger partial charge on any atom is -0.397 e. The number of nitrogens with two attached hydrogens (primary N) is 1. The Morgan fingerprint density at radius 3 is 1.89 bits per heavy atom. The number of nitrogen functional groups attached to an aromatic ring is 1. The number of para-hydroxylation sites is 2. The van der Waals surface area contributed by atoms with Crippen LogP contribution in [0.25, 0.3) is 0 Å². The number of carbonyl (C=O) groups excluding carboxylic acids is 2. The van der Waals surface area contributed by atoms with Gasteiger partial charge in [-0.2, -0.15) is 0 Å². The van der Waals surface area contributed by atoms with E-state index in [1.807, 2.05) is 48.5 Å². The molecule has 0 aromatic heterocycles. The molecule has 0 bridgehead atoms. The second-order valence-corrected chi connectivity index (χ2v) is 14.8. The van der Waals surface area contributed by atoms with Crippen LogP contribution in [0.5, 0.6) is 0 Å². The molecule has 3 atom stereocenters. The Bertz CT molecular complexity index is 1480. The lowest BCUT2D eigenvalue weighted by Crippen LogP contribution is -2.40. The smallest absolute Gasteiger partial charge is 0.224 e. The van der Waals surface area contributed by atoms with Crippen molar-refractivity contribution in [1.82, 2.24) is 4.90 Å². The molecule has 3 unspecified atom stereocenters. The molecule has 0 aliphatic carbocycles. The maximum Gasteiger partial charge on any atom is 0.224 e. The van der Waals surface area contributed by atoms with Crippen molar-refractivity contribution in [3.05, 3.63) is 89.5 Å². The fourth-order valence-electron chi connectivity index (χ4n) is 7.03. The number of amides is 2. The van der Waals surface area contributed by atoms with Gasteiger partial charge in [-0.25, -0.2) is 0 Å². The molecule has 1 aliphatic rings. The Kier molecular flexibility index (Phi) is 19.6. The standard InChI is InChI=1S/C45H66N4O5/c1-3-5-7-9-11-15-30-49(31-16-12-10-8-6-4-2)33-39-32-42(36-24-22-35(34-50)23-25-36)54-45(53-39)37-26-28-38(29-27-37)47-43(51)20-17-21-44(52)48-41-19-14-13-18-40(41)46/h13-14,18-19,22-29,39,42,45,50H,3-12,15-17,20-21,30-34,46H2,1-2H3,(H,47,51)(H,48,52). The third-order valence-corrected chi connectivity index (χ3v) is 10.2. The Labute approximate surface area is 324 Å². The van der Waals surface area contributed by atoms with Crippen molar-refractivity contribution in [2.24, 2.45) is 0 Å². The van der Waals surface area contributed by atoms with Gasteiger partial charge in [0.25, 0.3) is 0 Å². The molecule has 9 heteroatoms. The van der Waals surface area contributed by atoms with Crippen LogP contribution in [0.3, 0.4) is 0 Å². The lowest BCUT2D eigenvalue weighted by Gasteiger charge is -2.38. The maximum absolute atomic E-state index is 12.7. The third-order valence-electron chi connectivity index (χ3n) is 10.2. The third kappa shape index (κ3) is 15.5. The summed E-state index contributed by atoms with van der Waals surface area (Å²) in [7, 11) is 0. The van der Waals surface area contributed by atoms with Crippen molar-refractivity contribution in [1.29, 1.82) is 0 Å². The van der Waals surface area contributed by atoms with Crippen LogP contribution >= 0.6 is 0 Å². The largest absolute Gasteiger partial charge is 0.397 e. The first-order valence-electron chi connectivity index (χ1n) is 20.7. The summed E-state index contributed by atoms with van der Waals surface area (Å²) in [6.07, 6.45) is 16.3. The monoisotopic (exact) mass is 743 g/mol. The Hall–Kier alpha value is -3.76. The first kappa shape index (κ1) is 43.0. The molecule has 296 valence electrons. The molecule has 1 heterocycles. The zero-order valence-electron chi connectivity index (χ0n) is 32.9. The molecule has 3 aromatic rings. The normalized spacial score (nSPS) is 17.1. The number of hydrogen-bond acceptors (Lipinski definition) is 7. The number of aliphatic hydroxyl groups is 1. The van der Waals surface area contributed by atoms with Crippen LogP contribution in [0.2, 0.25) is 0 Å². The van der Waals surface area contributed by atoms with Crippen LogP contribution < -0.4 is 16.4 Å². The van der Waals surface area contributed by atoms with Crippen LogP contribution in [0.4, 0.5) is 17.1 Å². The van der Waals surface area contributed by atoms with Crippen molar-refractivity contribution in [3.63, 3.8) is 0 Å². The van der Waals surface area contributed by atoms with Crippen LogP contribution in [-0.2, 0) is 25.7 Å². The number of nitrogens with one attached hydrogen (secondary N) is 2. The number of nitrogens with zero attached hydrogens (tertiary/aromatic N) is 1. The average molecular weight is 743 g/mol. The van der Waals surface area contributed by atoms with E-state index >= 15 is 0 Å². The quantitative estimate of drug-likeness (QED) is 0.0503. The Morgan fingerprint density at radius 1 is 0.704 bits per heavy atom. The zero-order valence-corrected chi connectivity index (χ0v) is 32.9. The lowest BCUT2D eigenvalue weighted by molar-refractivity contribution is -0.253. The summed E-state index contributed by atoms with van der Waals surface area (Å²) < 4.78 is 13.4. The number of rotatable bonds is 25. The highest BCUT2D eigenvalue weighted by Gasteiger charge is 2.33. The van der Waals surface area contributed by atoms with Gasteiger partial charge in [-0.1, -0.05) is 127 Å². The Morgan fingerprint density at radius 2 is 1.28 bits per heavy atom. The van der Waals surface area contributed by atoms with Gasteiger partial charge in [0.1, 0.15) is 0 Å². The summed E-state index contributed by atoms with van der Waals surface area (Å²) in [5.41, 5.74) is 10.5. The van der Waals surface area contributed by atoms with Gasteiger partial charge in [-0.05, 0) is 67.7 Å². The van der Waals surface area contributed by atoms with E-state index in [0.717, 1.165) is 42.7 Å². The molecule has 4 rings (SSSR count). The average Bonchev–Trinajstić information content (AvgIpc) is 3.18. The van der Waals surface area contributed by atoms with Crippen molar-refractivity contribution in [3.8, 4) is 0 Å². The highest BCUT2D eigenvalue weighted by Crippen LogP contribution is 2.38. The first-order chi connectivity index (χ1) is 26.4. The highest BCUT2D eigenvalue weighted by molar-refractivity contribution is 5.94. The van der Waals surface area contributed by atoms with Crippen LogP contribution in [0.1, 0.15) is 146 Å². The van der Waals surface area contributed by atoms with E-state index in [0.29, 0.717) is 23.5 Å². The van der Waals surface area contributed by atoms with Crippen LogP contribution in [0, 0.1) is 0 Å². The van der Waals surface area contributed by atoms with E-state index < -0.39 is 6.29 Å². The number of ether oxygens (including phenoxy) is 2. The van der Waals surface area contributed by atoms with Gasteiger partial charge in [-0.15, -0.1) is 0 Å². The summed E-state index contributed by atoms with van der Waals surface area (Å²) in [5, 5.41) is 15.4. The van der Waals surface area contributed by atoms with Gasteiger partial charge in [0.2, 0.25) is 11.8 Å². The molecule has 9 nitrogen and oxygen atoms in total. The van der Waals surface area contributed by atoms with Crippen molar-refractivity contribution >= 4 is 28.9 Å². The topological polar surface area (TPSA) is 126 Å². The zero-order chi connectivity index (χ0) is 38.4. The summed E-state index contributed by atoms with van der Waals surface area (Å²) in [6, 6.07) is 22.8. The van der Waals surface area contributed by atoms with E-state index in [4.69, 9.17) is 15.2 Å². The lowest BCUT2D eigenvalue weighted by atomic mass is 9.99. The van der Waals surface area contributed by atoms with E-state index in [9.17, 15) is 14.7 Å². The minimum atomic E-state index is -0.557. The SMILES string of the molecule is CCCCCCCCN(CCCCCCCC)CC1CC(c2ccc(CO)cc2)OC(c2ccc(NC(=O)CCCC(=O)Nc3ccccc3N)cc2)O1. The number of unbranched alkanes of at least 4 members (excludes halogenated alkanes) is 10. The second kappa shape index (κ2) is 24.6. The predicted molar refractivity (Wildman–Crippen MR) is 220 cm³/mol. The van der Waals surface area contributed by atoms with Gasteiger partial charge >= 0.3 is 0 Å². The van der Waals surface area contributed by atoms with Crippen molar-refractivity contribution in [2.45, 2.75) is 142 Å². The molecule has 2 amide bonds. The van der Waals surface area contributed by atoms with E-state index in [-0.39, 0.29) is 43.5 Å². The molecular formula is C45H66N4O5. The summed E-state index contributed by atoms with van der Waals surface area (Å²) in [4.78, 5) is 27.7. The fraction of sp³-hybridized carbons (Fsp3) is 0.556. The first-order valence-corrected chi connectivity index (χ1v) is 20.7. The molecule has 1 aliphatic heterocycles. The van der Waals surface area contributed by atoms with E-state index in [1.165, 1.54) is 77.0 Å². The molecule has 5 N–H and O–H groups in total. The van der Waals surface area contributed by atoms with Crippen LogP contribution in [0.15, 0.2) is 72.8 Å². The van der Waals surface area contributed by atoms with Crippen molar-refractivity contribution < 1.29 is 24.2 Å². The fourth-order valence-corrected chi connectivity index (χ4v) is 7.03.